The number of nitrogens with one attached hydrogen (secondary N) is 1. The average Bonchev–Trinajstić information content (AvgIpc) is 3.30. The van der Waals surface area contributed by atoms with Crippen molar-refractivity contribution in [3.05, 3.63) is 35.5 Å². The third kappa shape index (κ3) is 4.06. The maximum Gasteiger partial charge on any atom is 0.243 e. The lowest BCUT2D eigenvalue weighted by Crippen LogP contribution is -2.52. The van der Waals surface area contributed by atoms with E-state index in [4.69, 9.17) is 14.0 Å². The minimum atomic E-state index is -0.219. The zero-order valence-electron chi connectivity index (χ0n) is 15.6. The van der Waals surface area contributed by atoms with Gasteiger partial charge in [-0.2, -0.15) is 0 Å². The predicted octanol–water partition coefficient (Wildman–Crippen LogP) is 1.86. The molecule has 0 aliphatic carbocycles. The molecule has 144 valence electrons. The summed E-state index contributed by atoms with van der Waals surface area (Å²) in [5.74, 6) is 1.95. The van der Waals surface area contributed by atoms with Crippen molar-refractivity contribution in [2.24, 2.45) is 0 Å². The van der Waals surface area contributed by atoms with Crippen molar-refractivity contribution < 1.29 is 18.8 Å². The minimum absolute atomic E-state index is 0.0737. The summed E-state index contributed by atoms with van der Waals surface area (Å²) in [4.78, 5) is 17.0. The molecule has 8 nitrogen and oxygen atoms in total. The summed E-state index contributed by atoms with van der Waals surface area (Å²) < 4.78 is 15.9. The fraction of sp³-hybridized carbons (Fsp3) is 0.474. The Balaban J connectivity index is 1.27. The topological polar surface area (TPSA) is 80.1 Å². The van der Waals surface area contributed by atoms with E-state index in [-0.39, 0.29) is 11.9 Å². The molecule has 1 aromatic carbocycles. The number of nitrogens with zero attached hydrogens (tertiary/aromatic N) is 3. The van der Waals surface area contributed by atoms with Crippen LogP contribution in [-0.2, 0) is 11.3 Å². The highest BCUT2D eigenvalue weighted by molar-refractivity contribution is 5.93. The molecule has 1 amide bonds. The zero-order valence-corrected chi connectivity index (χ0v) is 15.6. The number of aryl methyl sites for hydroxylation is 1. The van der Waals surface area contributed by atoms with Gasteiger partial charge in [0.05, 0.1) is 11.7 Å². The van der Waals surface area contributed by atoms with Crippen molar-refractivity contribution in [1.82, 2.24) is 15.0 Å². The van der Waals surface area contributed by atoms with Gasteiger partial charge in [0.1, 0.15) is 0 Å². The van der Waals surface area contributed by atoms with Crippen molar-refractivity contribution in [2.45, 2.75) is 26.4 Å². The predicted molar refractivity (Wildman–Crippen MR) is 98.7 cm³/mol. The van der Waals surface area contributed by atoms with Crippen LogP contribution in [0.1, 0.15) is 18.2 Å². The second-order valence-electron chi connectivity index (χ2n) is 7.00. The molecule has 1 N–H and O–H groups in total. The fourth-order valence-corrected chi connectivity index (χ4v) is 3.42. The summed E-state index contributed by atoms with van der Waals surface area (Å²) in [6.45, 7) is 8.41. The van der Waals surface area contributed by atoms with Gasteiger partial charge in [0.25, 0.3) is 0 Å². The third-order valence-electron chi connectivity index (χ3n) is 5.05. The van der Waals surface area contributed by atoms with Crippen LogP contribution in [-0.4, -0.2) is 59.9 Å². The van der Waals surface area contributed by atoms with Crippen LogP contribution < -0.4 is 14.8 Å². The normalized spacial score (nSPS) is 18.4. The maximum absolute atomic E-state index is 12.4. The number of amides is 1. The van der Waals surface area contributed by atoms with Crippen LogP contribution in [0.15, 0.2) is 28.8 Å². The molecule has 2 aliphatic heterocycles. The quantitative estimate of drug-likeness (QED) is 0.858. The highest BCUT2D eigenvalue weighted by atomic mass is 16.7. The number of hydrogen-bond donors (Lipinski definition) is 1. The van der Waals surface area contributed by atoms with Crippen molar-refractivity contribution in [2.75, 3.05) is 38.3 Å². The number of ether oxygens (including phenoxy) is 2. The summed E-state index contributed by atoms with van der Waals surface area (Å²) in [7, 11) is 0. The van der Waals surface area contributed by atoms with Crippen LogP contribution in [0.5, 0.6) is 11.5 Å². The minimum Gasteiger partial charge on any atom is -0.454 e. The fourth-order valence-electron chi connectivity index (χ4n) is 3.42. The number of piperazine rings is 1. The molecule has 1 fully saturated rings. The molecule has 4 rings (SSSR count). The van der Waals surface area contributed by atoms with Gasteiger partial charge in [-0.3, -0.25) is 19.9 Å². The largest absolute Gasteiger partial charge is 0.454 e. The first-order valence-electron chi connectivity index (χ1n) is 9.17. The van der Waals surface area contributed by atoms with Crippen LogP contribution in [0.4, 0.5) is 5.88 Å². The molecule has 2 aliphatic rings. The van der Waals surface area contributed by atoms with Crippen LogP contribution in [0.3, 0.4) is 0 Å². The summed E-state index contributed by atoms with van der Waals surface area (Å²) >= 11 is 0. The highest BCUT2D eigenvalue weighted by Gasteiger charge is 2.26. The van der Waals surface area contributed by atoms with E-state index in [2.05, 4.69) is 26.3 Å². The SMILES string of the molecule is Cc1cc(NC(=O)[C@@H](C)N2CCN(Cc3ccc4c(c3)OCO4)CC2)on1. The molecule has 0 radical (unpaired) electrons. The maximum atomic E-state index is 12.4. The molecule has 1 aromatic heterocycles. The first-order chi connectivity index (χ1) is 13.1. The molecular weight excluding hydrogens is 348 g/mol. The second-order valence-corrected chi connectivity index (χ2v) is 7.00. The Hall–Kier alpha value is -2.58. The first-order valence-corrected chi connectivity index (χ1v) is 9.17. The average molecular weight is 372 g/mol. The molecule has 1 saturated heterocycles. The van der Waals surface area contributed by atoms with E-state index >= 15 is 0 Å². The molecule has 2 aromatic rings. The molecule has 8 heteroatoms. The van der Waals surface area contributed by atoms with Gasteiger partial charge in [-0.05, 0) is 31.5 Å². The van der Waals surface area contributed by atoms with Gasteiger partial charge in [-0.1, -0.05) is 11.2 Å². The van der Waals surface area contributed by atoms with Gasteiger partial charge < -0.3 is 14.0 Å². The van der Waals surface area contributed by atoms with Crippen molar-refractivity contribution in [3.8, 4) is 11.5 Å². The number of aromatic nitrogens is 1. The van der Waals surface area contributed by atoms with Gasteiger partial charge in [0, 0.05) is 38.8 Å². The van der Waals surface area contributed by atoms with E-state index in [0.717, 1.165) is 49.9 Å². The molecule has 1 atom stereocenters. The lowest BCUT2D eigenvalue weighted by atomic mass is 10.1. The molecule has 0 unspecified atom stereocenters. The Labute approximate surface area is 158 Å². The van der Waals surface area contributed by atoms with Crippen molar-refractivity contribution in [3.63, 3.8) is 0 Å². The lowest BCUT2D eigenvalue weighted by molar-refractivity contribution is -0.121. The van der Waals surface area contributed by atoms with E-state index in [0.29, 0.717) is 12.7 Å². The lowest BCUT2D eigenvalue weighted by Gasteiger charge is -2.37. The molecule has 27 heavy (non-hydrogen) atoms. The number of fused-ring (bicyclic) bond motifs is 1. The Morgan fingerprint density at radius 2 is 1.96 bits per heavy atom. The second kappa shape index (κ2) is 7.58. The first kappa shape index (κ1) is 17.8. The van der Waals surface area contributed by atoms with E-state index < -0.39 is 0 Å². The van der Waals surface area contributed by atoms with Gasteiger partial charge in [-0.25, -0.2) is 0 Å². The molecular formula is C19H24N4O4. The van der Waals surface area contributed by atoms with E-state index in [1.807, 2.05) is 26.0 Å². The molecule has 0 bridgehead atoms. The Kier molecular flexibility index (Phi) is 5.00. The van der Waals surface area contributed by atoms with Crippen molar-refractivity contribution >= 4 is 11.8 Å². The smallest absolute Gasteiger partial charge is 0.243 e. The Bertz CT molecular complexity index is 814. The number of rotatable bonds is 5. The van der Waals surface area contributed by atoms with Gasteiger partial charge >= 0.3 is 0 Å². The van der Waals surface area contributed by atoms with Gasteiger partial charge in [0.15, 0.2) is 11.5 Å². The summed E-state index contributed by atoms with van der Waals surface area (Å²) in [6.07, 6.45) is 0. The highest BCUT2D eigenvalue weighted by Crippen LogP contribution is 2.32. The molecule has 0 saturated carbocycles. The third-order valence-corrected chi connectivity index (χ3v) is 5.05. The van der Waals surface area contributed by atoms with Crippen molar-refractivity contribution in [1.29, 1.82) is 0 Å². The monoisotopic (exact) mass is 372 g/mol. The summed E-state index contributed by atoms with van der Waals surface area (Å²) in [5, 5.41) is 6.57. The Morgan fingerprint density at radius 3 is 2.70 bits per heavy atom. The van der Waals surface area contributed by atoms with Crippen LogP contribution in [0.25, 0.3) is 0 Å². The van der Waals surface area contributed by atoms with E-state index in [1.54, 1.807) is 6.07 Å². The number of anilines is 1. The standard InChI is InChI=1S/C19H24N4O4/c1-13-9-18(27-21-13)20-19(24)14(2)23-7-5-22(6-8-23)11-15-3-4-16-17(10-15)26-12-25-16/h3-4,9-10,14H,5-8,11-12H2,1-2H3,(H,20,24)/t14-/m1/s1. The van der Waals surface area contributed by atoms with E-state index in [9.17, 15) is 4.79 Å². The Morgan fingerprint density at radius 1 is 1.19 bits per heavy atom. The zero-order chi connectivity index (χ0) is 18.8. The summed E-state index contributed by atoms with van der Waals surface area (Å²) in [5.41, 5.74) is 1.95. The molecule has 0 spiro atoms. The number of carbonyl (C=O) groups excluding carboxylic acids is 1. The van der Waals surface area contributed by atoms with Crippen LogP contribution in [0.2, 0.25) is 0 Å². The van der Waals surface area contributed by atoms with Crippen LogP contribution >= 0.6 is 0 Å². The molecule has 3 heterocycles. The van der Waals surface area contributed by atoms with Gasteiger partial charge in [-0.15, -0.1) is 0 Å². The van der Waals surface area contributed by atoms with Crippen LogP contribution in [0, 0.1) is 6.92 Å². The van der Waals surface area contributed by atoms with Gasteiger partial charge in [0.2, 0.25) is 18.6 Å². The number of carbonyl (C=O) groups is 1. The number of hydrogen-bond acceptors (Lipinski definition) is 7. The van der Waals surface area contributed by atoms with E-state index in [1.165, 1.54) is 5.56 Å². The summed E-state index contributed by atoms with van der Waals surface area (Å²) in [6, 6.07) is 7.59. The number of benzene rings is 1.